The SMILES string of the molecule is COc1cc(Nc2nc3ccccc3nc2NS(=O)(=O)c2cccc(CC(=O)[C@@H](C)N)c2)cc(OC)c1. The van der Waals surface area contributed by atoms with E-state index in [0.717, 1.165) is 0 Å². The summed E-state index contributed by atoms with van der Waals surface area (Å²) >= 11 is 0. The molecule has 37 heavy (non-hydrogen) atoms. The van der Waals surface area contributed by atoms with E-state index in [2.05, 4.69) is 20.0 Å². The van der Waals surface area contributed by atoms with E-state index < -0.39 is 16.1 Å². The Morgan fingerprint density at radius 3 is 2.14 bits per heavy atom. The van der Waals surface area contributed by atoms with E-state index >= 15 is 0 Å². The van der Waals surface area contributed by atoms with Gasteiger partial charge in [0.25, 0.3) is 10.0 Å². The van der Waals surface area contributed by atoms with Crippen LogP contribution in [-0.4, -0.2) is 44.4 Å². The van der Waals surface area contributed by atoms with Gasteiger partial charge in [-0.3, -0.25) is 9.52 Å². The van der Waals surface area contributed by atoms with Crippen molar-refractivity contribution in [3.63, 3.8) is 0 Å². The molecule has 0 aliphatic rings. The van der Waals surface area contributed by atoms with Gasteiger partial charge in [-0.2, -0.15) is 0 Å². The van der Waals surface area contributed by atoms with Crippen LogP contribution in [0.4, 0.5) is 17.3 Å². The van der Waals surface area contributed by atoms with Gasteiger partial charge in [-0.15, -0.1) is 0 Å². The molecule has 1 atom stereocenters. The molecule has 0 saturated carbocycles. The summed E-state index contributed by atoms with van der Waals surface area (Å²) in [4.78, 5) is 21.1. The Kier molecular flexibility index (Phi) is 7.55. The van der Waals surface area contributed by atoms with Crippen molar-refractivity contribution in [1.29, 1.82) is 0 Å². The molecule has 3 aromatic carbocycles. The predicted octanol–water partition coefficient (Wildman–Crippen LogP) is 3.65. The summed E-state index contributed by atoms with van der Waals surface area (Å²) in [6.07, 6.45) is 0.0291. The van der Waals surface area contributed by atoms with Crippen molar-refractivity contribution >= 4 is 44.2 Å². The first-order chi connectivity index (χ1) is 17.7. The number of methoxy groups -OCH3 is 2. The lowest BCUT2D eigenvalue weighted by Crippen LogP contribution is -2.28. The highest BCUT2D eigenvalue weighted by Crippen LogP contribution is 2.31. The van der Waals surface area contributed by atoms with Gasteiger partial charge in [-0.05, 0) is 36.8 Å². The largest absolute Gasteiger partial charge is 0.497 e. The van der Waals surface area contributed by atoms with Crippen LogP contribution in [-0.2, 0) is 21.2 Å². The van der Waals surface area contributed by atoms with Crippen LogP contribution in [0.3, 0.4) is 0 Å². The number of para-hydroxylation sites is 2. The number of rotatable bonds is 10. The number of hydrogen-bond acceptors (Lipinski definition) is 9. The van der Waals surface area contributed by atoms with Crippen LogP contribution < -0.4 is 25.2 Å². The molecule has 0 unspecified atom stereocenters. The van der Waals surface area contributed by atoms with Crippen LogP contribution >= 0.6 is 0 Å². The van der Waals surface area contributed by atoms with Crippen molar-refractivity contribution in [2.24, 2.45) is 5.73 Å². The van der Waals surface area contributed by atoms with Crippen LogP contribution in [0.25, 0.3) is 11.0 Å². The third-order valence-corrected chi connectivity index (χ3v) is 6.85. The topological polar surface area (TPSA) is 146 Å². The third-order valence-electron chi connectivity index (χ3n) is 5.51. The number of nitrogens with one attached hydrogen (secondary N) is 2. The molecule has 192 valence electrons. The van der Waals surface area contributed by atoms with E-state index in [0.29, 0.717) is 33.8 Å². The highest BCUT2D eigenvalue weighted by atomic mass is 32.2. The number of benzene rings is 3. The van der Waals surface area contributed by atoms with Crippen LogP contribution in [0, 0.1) is 0 Å². The Bertz CT molecular complexity index is 1530. The number of carbonyl (C=O) groups is 1. The maximum absolute atomic E-state index is 13.4. The molecule has 4 aromatic rings. The number of ether oxygens (including phenoxy) is 2. The number of sulfonamides is 1. The molecular formula is C26H27N5O5S. The smallest absolute Gasteiger partial charge is 0.263 e. The van der Waals surface area contributed by atoms with Crippen LogP contribution in [0.5, 0.6) is 11.5 Å². The minimum absolute atomic E-state index is 0.00227. The molecule has 4 N–H and O–H groups in total. The summed E-state index contributed by atoms with van der Waals surface area (Å²) in [6, 6.07) is 17.8. The zero-order valence-corrected chi connectivity index (χ0v) is 21.4. The van der Waals surface area contributed by atoms with Crippen LogP contribution in [0.15, 0.2) is 71.6 Å². The van der Waals surface area contributed by atoms with E-state index in [4.69, 9.17) is 15.2 Å². The molecule has 0 bridgehead atoms. The van der Waals surface area contributed by atoms with E-state index in [-0.39, 0.29) is 28.7 Å². The van der Waals surface area contributed by atoms with Gasteiger partial charge < -0.3 is 20.5 Å². The number of ketones is 1. The van der Waals surface area contributed by atoms with Gasteiger partial charge in [0, 0.05) is 30.3 Å². The summed E-state index contributed by atoms with van der Waals surface area (Å²) in [6.45, 7) is 1.59. The summed E-state index contributed by atoms with van der Waals surface area (Å²) in [5.74, 6) is 1.06. The van der Waals surface area contributed by atoms with E-state index in [1.54, 1.807) is 55.5 Å². The van der Waals surface area contributed by atoms with Crippen molar-refractivity contribution in [1.82, 2.24) is 9.97 Å². The van der Waals surface area contributed by atoms with Crippen LogP contribution in [0.2, 0.25) is 0 Å². The maximum Gasteiger partial charge on any atom is 0.263 e. The number of carbonyl (C=O) groups excluding carboxylic acids is 1. The number of anilines is 3. The van der Waals surface area contributed by atoms with Crippen LogP contribution in [0.1, 0.15) is 12.5 Å². The predicted molar refractivity (Wildman–Crippen MR) is 142 cm³/mol. The van der Waals surface area contributed by atoms with Gasteiger partial charge in [-0.1, -0.05) is 24.3 Å². The Balaban J connectivity index is 1.73. The monoisotopic (exact) mass is 521 g/mol. The molecule has 0 aliphatic carbocycles. The quantitative estimate of drug-likeness (QED) is 0.285. The average Bonchev–Trinajstić information content (AvgIpc) is 2.88. The van der Waals surface area contributed by atoms with Gasteiger partial charge >= 0.3 is 0 Å². The second-order valence-corrected chi connectivity index (χ2v) is 10.0. The number of Topliss-reactive ketones (excluding diaryl/α,β-unsaturated/α-hetero) is 1. The Morgan fingerprint density at radius 1 is 0.919 bits per heavy atom. The second-order valence-electron chi connectivity index (χ2n) is 8.32. The molecule has 0 amide bonds. The fraction of sp³-hybridized carbons (Fsp3) is 0.192. The van der Waals surface area contributed by atoms with E-state index in [1.165, 1.54) is 26.4 Å². The van der Waals surface area contributed by atoms with Crippen molar-refractivity contribution in [2.45, 2.75) is 24.3 Å². The number of nitrogens with zero attached hydrogens (tertiary/aromatic N) is 2. The summed E-state index contributed by atoms with van der Waals surface area (Å²) in [5.41, 5.74) is 7.82. The molecule has 0 saturated heterocycles. The van der Waals surface area contributed by atoms with Gasteiger partial charge in [0.05, 0.1) is 36.2 Å². The molecule has 11 heteroatoms. The molecule has 1 aromatic heterocycles. The minimum Gasteiger partial charge on any atom is -0.497 e. The first-order valence-corrected chi connectivity index (χ1v) is 12.8. The van der Waals surface area contributed by atoms with Gasteiger partial charge in [0.1, 0.15) is 11.5 Å². The first-order valence-electron chi connectivity index (χ1n) is 11.4. The molecule has 1 heterocycles. The third kappa shape index (κ3) is 6.13. The molecular weight excluding hydrogens is 494 g/mol. The number of aromatic nitrogens is 2. The lowest BCUT2D eigenvalue weighted by molar-refractivity contribution is -0.119. The van der Waals surface area contributed by atoms with Crippen molar-refractivity contribution < 1.29 is 22.7 Å². The first kappa shape index (κ1) is 25.9. The van der Waals surface area contributed by atoms with Gasteiger partial charge in [0.15, 0.2) is 17.4 Å². The summed E-state index contributed by atoms with van der Waals surface area (Å²) in [7, 11) is -1.02. The Morgan fingerprint density at radius 2 is 1.54 bits per heavy atom. The number of hydrogen-bond donors (Lipinski definition) is 3. The molecule has 0 spiro atoms. The van der Waals surface area contributed by atoms with Gasteiger partial charge in [-0.25, -0.2) is 18.4 Å². The zero-order chi connectivity index (χ0) is 26.6. The molecule has 0 radical (unpaired) electrons. The standard InChI is InChI=1S/C26H27N5O5S/c1-16(27)24(32)12-17-7-6-8-21(11-17)37(33,34)31-26-25(29-22-9-4-5-10-23(22)30-26)28-18-13-19(35-2)15-20(14-18)36-3/h4-11,13-16H,12,27H2,1-3H3,(H,28,29)(H,30,31)/t16-/m1/s1. The molecule has 10 nitrogen and oxygen atoms in total. The lowest BCUT2D eigenvalue weighted by atomic mass is 10.1. The number of nitrogens with two attached hydrogens (primary N) is 1. The second kappa shape index (κ2) is 10.8. The molecule has 4 rings (SSSR count). The molecule has 0 aliphatic heterocycles. The van der Waals surface area contributed by atoms with Crippen molar-refractivity contribution in [3.8, 4) is 11.5 Å². The molecule has 0 fully saturated rings. The van der Waals surface area contributed by atoms with E-state index in [9.17, 15) is 13.2 Å². The highest BCUT2D eigenvalue weighted by Gasteiger charge is 2.20. The maximum atomic E-state index is 13.4. The fourth-order valence-electron chi connectivity index (χ4n) is 3.55. The minimum atomic E-state index is -4.09. The summed E-state index contributed by atoms with van der Waals surface area (Å²) < 4.78 is 39.9. The lowest BCUT2D eigenvalue weighted by Gasteiger charge is -2.15. The Labute approximate surface area is 214 Å². The average molecular weight is 522 g/mol. The van der Waals surface area contributed by atoms with E-state index in [1.807, 2.05) is 6.07 Å². The normalized spacial score (nSPS) is 12.1. The van der Waals surface area contributed by atoms with Crippen molar-refractivity contribution in [2.75, 3.05) is 24.3 Å². The van der Waals surface area contributed by atoms with Crippen molar-refractivity contribution in [3.05, 3.63) is 72.3 Å². The number of fused-ring (bicyclic) bond motifs is 1. The van der Waals surface area contributed by atoms with Gasteiger partial charge in [0.2, 0.25) is 0 Å². The zero-order valence-electron chi connectivity index (χ0n) is 20.6. The summed E-state index contributed by atoms with van der Waals surface area (Å²) in [5, 5.41) is 3.12. The fourth-order valence-corrected chi connectivity index (χ4v) is 4.62. The highest BCUT2D eigenvalue weighted by molar-refractivity contribution is 7.92. The Hall–Kier alpha value is -4.22.